The first-order valence-electron chi connectivity index (χ1n) is 13.7. The fraction of sp³-hybridized carbons (Fsp3) is 1.00. The molecule has 0 aliphatic carbocycles. The van der Waals surface area contributed by atoms with Crippen LogP contribution in [0, 0.1) is 0 Å². The van der Waals surface area contributed by atoms with E-state index in [4.69, 9.17) is 23.3 Å². The highest BCUT2D eigenvalue weighted by Gasteiger charge is 2.25. The van der Waals surface area contributed by atoms with Gasteiger partial charge in [-0.05, 0) is 13.3 Å². The van der Waals surface area contributed by atoms with Crippen LogP contribution in [0.1, 0.15) is 97.3 Å². The molecular weight excluding hydrogens is 469 g/mol. The zero-order valence-corrected chi connectivity index (χ0v) is 24.6. The van der Waals surface area contributed by atoms with E-state index < -0.39 is 13.9 Å². The number of phosphoric acid groups is 1. The Morgan fingerprint density at radius 1 is 0.800 bits per heavy atom. The molecule has 212 valence electrons. The largest absolute Gasteiger partial charge is 0.472 e. The number of hydrogen-bond acceptors (Lipinski definition) is 6. The summed E-state index contributed by atoms with van der Waals surface area (Å²) in [5, 5.41) is 0. The van der Waals surface area contributed by atoms with Crippen LogP contribution >= 0.6 is 7.82 Å². The van der Waals surface area contributed by atoms with Crippen molar-refractivity contribution < 1.29 is 37.2 Å². The molecule has 0 bridgehead atoms. The Bertz CT molecular complexity index is 516. The van der Waals surface area contributed by atoms with Crippen molar-refractivity contribution >= 4 is 7.82 Å². The molecule has 9 heteroatoms. The van der Waals surface area contributed by atoms with Crippen LogP contribution in [-0.2, 0) is 27.8 Å². The molecule has 35 heavy (non-hydrogen) atoms. The predicted molar refractivity (Wildman–Crippen MR) is 142 cm³/mol. The Labute approximate surface area is 216 Å². The van der Waals surface area contributed by atoms with Gasteiger partial charge in [-0.2, -0.15) is 0 Å². The SMILES string of the molecule is CCCCCCCCCCCCCCC(C)OCC(COP(=O)(O)OCC[N+](C)(C)C)OCOC. The van der Waals surface area contributed by atoms with Crippen LogP contribution in [0.2, 0.25) is 0 Å². The fourth-order valence-electron chi connectivity index (χ4n) is 3.58. The quantitative estimate of drug-likeness (QED) is 0.0612. The highest BCUT2D eigenvalue weighted by atomic mass is 31.2. The van der Waals surface area contributed by atoms with Crippen LogP contribution in [-0.4, -0.2) is 83.0 Å². The minimum atomic E-state index is -4.14. The summed E-state index contributed by atoms with van der Waals surface area (Å²) in [5.74, 6) is 0. The van der Waals surface area contributed by atoms with E-state index in [9.17, 15) is 9.46 Å². The fourth-order valence-corrected chi connectivity index (χ4v) is 4.32. The summed E-state index contributed by atoms with van der Waals surface area (Å²) in [7, 11) is 3.34. The van der Waals surface area contributed by atoms with E-state index >= 15 is 0 Å². The van der Waals surface area contributed by atoms with Gasteiger partial charge in [-0.25, -0.2) is 4.57 Å². The lowest BCUT2D eigenvalue weighted by molar-refractivity contribution is -0.870. The lowest BCUT2D eigenvalue weighted by atomic mass is 10.0. The molecule has 1 N–H and O–H groups in total. The third kappa shape index (κ3) is 25.4. The summed E-state index contributed by atoms with van der Waals surface area (Å²) >= 11 is 0. The van der Waals surface area contributed by atoms with Gasteiger partial charge in [0.1, 0.15) is 26.0 Å². The number of quaternary nitrogens is 1. The molecule has 0 aromatic carbocycles. The van der Waals surface area contributed by atoms with Crippen molar-refractivity contribution in [2.45, 2.75) is 110 Å². The lowest BCUT2D eigenvalue weighted by Gasteiger charge is -2.24. The van der Waals surface area contributed by atoms with Crippen LogP contribution < -0.4 is 0 Å². The molecule has 8 nitrogen and oxygen atoms in total. The van der Waals surface area contributed by atoms with Gasteiger partial charge < -0.3 is 23.6 Å². The molecule has 0 fully saturated rings. The van der Waals surface area contributed by atoms with E-state index in [-0.39, 0.29) is 32.7 Å². The zero-order chi connectivity index (χ0) is 26.4. The van der Waals surface area contributed by atoms with Crippen LogP contribution in [0.25, 0.3) is 0 Å². The first kappa shape index (κ1) is 35.0. The van der Waals surface area contributed by atoms with Gasteiger partial charge >= 0.3 is 7.82 Å². The molecule has 0 aliphatic rings. The molecule has 0 amide bonds. The maximum absolute atomic E-state index is 12.1. The highest BCUT2D eigenvalue weighted by molar-refractivity contribution is 7.47. The van der Waals surface area contributed by atoms with Crippen molar-refractivity contribution in [3.8, 4) is 0 Å². The van der Waals surface area contributed by atoms with E-state index in [0.29, 0.717) is 11.0 Å². The minimum absolute atomic E-state index is 0.0581. The number of likely N-dealkylation sites (N-methyl/N-ethyl adjacent to an activating group) is 1. The molecule has 0 heterocycles. The van der Waals surface area contributed by atoms with Crippen LogP contribution in [0.5, 0.6) is 0 Å². The first-order valence-corrected chi connectivity index (χ1v) is 15.2. The molecule has 3 atom stereocenters. The van der Waals surface area contributed by atoms with Gasteiger partial charge in [0.25, 0.3) is 0 Å². The van der Waals surface area contributed by atoms with Gasteiger partial charge in [-0.15, -0.1) is 0 Å². The monoisotopic (exact) mass is 526 g/mol. The Morgan fingerprint density at radius 2 is 1.34 bits per heavy atom. The van der Waals surface area contributed by atoms with Crippen molar-refractivity contribution in [1.82, 2.24) is 0 Å². The minimum Gasteiger partial charge on any atom is -0.376 e. The first-order chi connectivity index (χ1) is 16.6. The number of hydrogen-bond donors (Lipinski definition) is 1. The Kier molecular flexibility index (Phi) is 21.9. The van der Waals surface area contributed by atoms with Gasteiger partial charge in [0, 0.05) is 7.11 Å². The van der Waals surface area contributed by atoms with Crippen molar-refractivity contribution in [3.63, 3.8) is 0 Å². The van der Waals surface area contributed by atoms with Gasteiger partial charge in [-0.3, -0.25) is 9.05 Å². The Balaban J connectivity index is 3.94. The van der Waals surface area contributed by atoms with Crippen molar-refractivity contribution in [3.05, 3.63) is 0 Å². The molecule has 0 spiro atoms. The molecule has 3 unspecified atom stereocenters. The normalized spacial score (nSPS) is 15.7. The van der Waals surface area contributed by atoms with Gasteiger partial charge in [0.05, 0.1) is 40.5 Å². The van der Waals surface area contributed by atoms with Crippen LogP contribution in [0.3, 0.4) is 0 Å². The lowest BCUT2D eigenvalue weighted by Crippen LogP contribution is -2.37. The highest BCUT2D eigenvalue weighted by Crippen LogP contribution is 2.43. The molecule has 0 aliphatic heterocycles. The molecule has 0 saturated carbocycles. The number of unbranched alkanes of at least 4 members (excludes halogenated alkanes) is 11. The summed E-state index contributed by atoms with van der Waals surface area (Å²) in [5.41, 5.74) is 0. The zero-order valence-electron chi connectivity index (χ0n) is 23.7. The van der Waals surface area contributed by atoms with Crippen molar-refractivity contribution in [2.75, 3.05) is 61.4 Å². The number of methoxy groups -OCH3 is 1. The smallest absolute Gasteiger partial charge is 0.376 e. The second kappa shape index (κ2) is 22.0. The molecule has 0 radical (unpaired) electrons. The molecule has 0 aromatic heterocycles. The van der Waals surface area contributed by atoms with Crippen molar-refractivity contribution in [2.24, 2.45) is 0 Å². The van der Waals surface area contributed by atoms with E-state index in [1.807, 2.05) is 21.1 Å². The Hall–Kier alpha value is -0.0500. The number of nitrogens with zero attached hydrogens (tertiary/aromatic N) is 1. The van der Waals surface area contributed by atoms with E-state index in [2.05, 4.69) is 13.8 Å². The van der Waals surface area contributed by atoms with E-state index in [1.54, 1.807) is 0 Å². The third-order valence-electron chi connectivity index (χ3n) is 5.89. The molecular formula is C26H57NO7P+. The Morgan fingerprint density at radius 3 is 1.86 bits per heavy atom. The molecule has 0 saturated heterocycles. The van der Waals surface area contributed by atoms with Crippen LogP contribution in [0.4, 0.5) is 0 Å². The van der Waals surface area contributed by atoms with Crippen LogP contribution in [0.15, 0.2) is 0 Å². The average molecular weight is 527 g/mol. The number of rotatable bonds is 26. The van der Waals surface area contributed by atoms with Gasteiger partial charge in [0.2, 0.25) is 0 Å². The summed E-state index contributed by atoms with van der Waals surface area (Å²) in [6.45, 7) is 5.26. The second-order valence-corrected chi connectivity index (χ2v) is 12.1. The summed E-state index contributed by atoms with van der Waals surface area (Å²) in [6.07, 6.45) is 16.6. The van der Waals surface area contributed by atoms with Gasteiger partial charge in [0.15, 0.2) is 0 Å². The van der Waals surface area contributed by atoms with E-state index in [0.717, 1.165) is 12.8 Å². The third-order valence-corrected chi connectivity index (χ3v) is 6.88. The summed E-state index contributed by atoms with van der Waals surface area (Å²) < 4.78 is 39.4. The molecule has 0 aromatic rings. The predicted octanol–water partition coefficient (Wildman–Crippen LogP) is 6.31. The maximum atomic E-state index is 12.1. The maximum Gasteiger partial charge on any atom is 0.472 e. The standard InChI is InChI=1S/C26H56NO7P/c1-7-8-9-10-11-12-13-14-15-16-17-18-19-25(2)31-22-26(32-24-30-6)23-34-35(28,29)33-21-20-27(3,4)5/h25-26H,7-24H2,1-6H3/p+1. The molecule has 0 rings (SSSR count). The number of phosphoric ester groups is 1. The van der Waals surface area contributed by atoms with Gasteiger partial charge in [-0.1, -0.05) is 84.0 Å². The van der Waals surface area contributed by atoms with E-state index in [1.165, 1.54) is 77.7 Å². The van der Waals surface area contributed by atoms with Crippen molar-refractivity contribution in [1.29, 1.82) is 0 Å². The second-order valence-electron chi connectivity index (χ2n) is 10.6. The summed E-state index contributed by atoms with van der Waals surface area (Å²) in [4.78, 5) is 9.92. The number of ether oxygens (including phenoxy) is 3. The average Bonchev–Trinajstić information content (AvgIpc) is 2.78. The summed E-state index contributed by atoms with van der Waals surface area (Å²) in [6, 6.07) is 0. The topological polar surface area (TPSA) is 83.5 Å².